The van der Waals surface area contributed by atoms with Crippen LogP contribution in [0.15, 0.2) is 6.33 Å². The third-order valence-corrected chi connectivity index (χ3v) is 3.12. The summed E-state index contributed by atoms with van der Waals surface area (Å²) in [5, 5.41) is 4.11. The van der Waals surface area contributed by atoms with Crippen LogP contribution in [0.25, 0.3) is 0 Å². The molecule has 0 bridgehead atoms. The summed E-state index contributed by atoms with van der Waals surface area (Å²) in [7, 11) is 0. The molecule has 1 heterocycles. The number of aryl methyl sites for hydroxylation is 1. The van der Waals surface area contributed by atoms with E-state index in [4.69, 9.17) is 0 Å². The number of carbonyl (C=O) groups is 1. The minimum atomic E-state index is -0.0526. The van der Waals surface area contributed by atoms with Gasteiger partial charge in [0.2, 0.25) is 0 Å². The Kier molecular flexibility index (Phi) is 2.59. The number of hydrogen-bond donors (Lipinski definition) is 0. The molecule has 4 nitrogen and oxygen atoms in total. The van der Waals surface area contributed by atoms with Crippen LogP contribution in [0.2, 0.25) is 0 Å². The van der Waals surface area contributed by atoms with Gasteiger partial charge < -0.3 is 0 Å². The van der Waals surface area contributed by atoms with Gasteiger partial charge in [-0.2, -0.15) is 5.10 Å². The summed E-state index contributed by atoms with van der Waals surface area (Å²) >= 11 is 0. The van der Waals surface area contributed by atoms with Crippen LogP contribution >= 0.6 is 0 Å². The second-order valence-electron chi connectivity index (χ2n) is 4.56. The molecular formula is C11H17N3O. The molecule has 1 aromatic heterocycles. The van der Waals surface area contributed by atoms with Crippen LogP contribution in [0.5, 0.6) is 0 Å². The molecule has 0 amide bonds. The standard InChI is InChI=1S/C11H17N3O/c1-3-6-14-10(12-8-13-14)7-9(15)11(2)4-5-11/h8H,3-7H2,1-2H3. The molecule has 1 saturated carbocycles. The number of ketones is 1. The van der Waals surface area contributed by atoms with E-state index in [0.717, 1.165) is 31.6 Å². The molecule has 0 saturated heterocycles. The Labute approximate surface area is 89.7 Å². The molecule has 1 aliphatic rings. The van der Waals surface area contributed by atoms with Crippen molar-refractivity contribution in [3.63, 3.8) is 0 Å². The number of carbonyl (C=O) groups excluding carboxylic acids is 1. The number of rotatable bonds is 5. The second kappa shape index (κ2) is 3.76. The topological polar surface area (TPSA) is 47.8 Å². The zero-order valence-electron chi connectivity index (χ0n) is 9.36. The maximum Gasteiger partial charge on any atom is 0.146 e. The maximum absolute atomic E-state index is 11.9. The Hall–Kier alpha value is -1.19. The number of Topliss-reactive ketones (excluding diaryl/α,β-unsaturated/α-hetero) is 1. The van der Waals surface area contributed by atoms with Crippen molar-refractivity contribution >= 4 is 5.78 Å². The Balaban J connectivity index is 2.03. The van der Waals surface area contributed by atoms with Crippen molar-refractivity contribution in [3.05, 3.63) is 12.2 Å². The van der Waals surface area contributed by atoms with Crippen molar-refractivity contribution in [1.82, 2.24) is 14.8 Å². The fraction of sp³-hybridized carbons (Fsp3) is 0.727. The predicted molar refractivity (Wildman–Crippen MR) is 56.4 cm³/mol. The molecule has 0 unspecified atom stereocenters. The quantitative estimate of drug-likeness (QED) is 0.736. The van der Waals surface area contributed by atoms with Gasteiger partial charge in [0.15, 0.2) is 0 Å². The van der Waals surface area contributed by atoms with Gasteiger partial charge in [0.1, 0.15) is 17.9 Å². The molecule has 0 radical (unpaired) electrons. The van der Waals surface area contributed by atoms with E-state index in [1.165, 1.54) is 6.33 Å². The lowest BCUT2D eigenvalue weighted by Gasteiger charge is -2.07. The lowest BCUT2D eigenvalue weighted by molar-refractivity contribution is -0.123. The van der Waals surface area contributed by atoms with Gasteiger partial charge in [-0.15, -0.1) is 0 Å². The molecule has 15 heavy (non-hydrogen) atoms. The average Bonchev–Trinajstić information content (AvgIpc) is 2.81. The molecule has 0 spiro atoms. The number of hydrogen-bond acceptors (Lipinski definition) is 3. The number of aromatic nitrogens is 3. The number of nitrogens with zero attached hydrogens (tertiary/aromatic N) is 3. The SMILES string of the molecule is CCCn1ncnc1CC(=O)C1(C)CC1. The van der Waals surface area contributed by atoms with E-state index in [0.29, 0.717) is 12.2 Å². The molecule has 82 valence electrons. The van der Waals surface area contributed by atoms with Crippen molar-refractivity contribution in [2.75, 3.05) is 0 Å². The Morgan fingerprint density at radius 2 is 2.33 bits per heavy atom. The molecule has 0 N–H and O–H groups in total. The van der Waals surface area contributed by atoms with Gasteiger partial charge >= 0.3 is 0 Å². The predicted octanol–water partition coefficient (Wildman–Crippen LogP) is 1.60. The van der Waals surface area contributed by atoms with Crippen LogP contribution in [-0.4, -0.2) is 20.5 Å². The van der Waals surface area contributed by atoms with Crippen molar-refractivity contribution in [2.24, 2.45) is 5.41 Å². The smallest absolute Gasteiger partial charge is 0.146 e. The van der Waals surface area contributed by atoms with Crippen molar-refractivity contribution in [1.29, 1.82) is 0 Å². The van der Waals surface area contributed by atoms with Gasteiger partial charge in [-0.3, -0.25) is 4.79 Å². The third-order valence-electron chi connectivity index (χ3n) is 3.12. The first-order valence-electron chi connectivity index (χ1n) is 5.56. The summed E-state index contributed by atoms with van der Waals surface area (Å²) in [5.74, 6) is 1.13. The van der Waals surface area contributed by atoms with Crippen molar-refractivity contribution in [2.45, 2.75) is 46.1 Å². The van der Waals surface area contributed by atoms with E-state index in [9.17, 15) is 4.79 Å². The fourth-order valence-corrected chi connectivity index (χ4v) is 1.65. The Morgan fingerprint density at radius 1 is 1.60 bits per heavy atom. The van der Waals surface area contributed by atoms with E-state index in [2.05, 4.69) is 17.0 Å². The van der Waals surface area contributed by atoms with Gasteiger partial charge in [0, 0.05) is 12.0 Å². The monoisotopic (exact) mass is 207 g/mol. The Morgan fingerprint density at radius 3 is 2.93 bits per heavy atom. The molecule has 4 heteroatoms. The van der Waals surface area contributed by atoms with Crippen LogP contribution in [0.3, 0.4) is 0 Å². The zero-order valence-corrected chi connectivity index (χ0v) is 9.36. The molecule has 0 aliphatic heterocycles. The van der Waals surface area contributed by atoms with Crippen molar-refractivity contribution in [3.8, 4) is 0 Å². The van der Waals surface area contributed by atoms with Gasteiger partial charge in [-0.05, 0) is 19.3 Å². The zero-order chi connectivity index (χ0) is 10.9. The van der Waals surface area contributed by atoms with E-state index in [1.54, 1.807) is 0 Å². The van der Waals surface area contributed by atoms with E-state index in [-0.39, 0.29) is 5.41 Å². The summed E-state index contributed by atoms with van der Waals surface area (Å²) in [4.78, 5) is 16.0. The minimum absolute atomic E-state index is 0.0526. The maximum atomic E-state index is 11.9. The summed E-state index contributed by atoms with van der Waals surface area (Å²) in [6.07, 6.45) is 5.06. The van der Waals surface area contributed by atoms with E-state index >= 15 is 0 Å². The van der Waals surface area contributed by atoms with Gasteiger partial charge in [-0.1, -0.05) is 13.8 Å². The molecule has 2 rings (SSSR count). The fourth-order valence-electron chi connectivity index (χ4n) is 1.65. The van der Waals surface area contributed by atoms with Crippen LogP contribution in [-0.2, 0) is 17.8 Å². The van der Waals surface area contributed by atoms with Crippen molar-refractivity contribution < 1.29 is 4.79 Å². The lowest BCUT2D eigenvalue weighted by Crippen LogP contribution is -2.18. The third kappa shape index (κ3) is 2.08. The highest BCUT2D eigenvalue weighted by Gasteiger charge is 2.44. The minimum Gasteiger partial charge on any atom is -0.299 e. The Bertz CT molecular complexity index is 366. The van der Waals surface area contributed by atoms with Gasteiger partial charge in [0.25, 0.3) is 0 Å². The molecule has 0 atom stereocenters. The van der Waals surface area contributed by atoms with Crippen LogP contribution < -0.4 is 0 Å². The van der Waals surface area contributed by atoms with E-state index in [1.807, 2.05) is 11.6 Å². The molecule has 0 aromatic carbocycles. The highest BCUT2D eigenvalue weighted by molar-refractivity contribution is 5.88. The summed E-state index contributed by atoms with van der Waals surface area (Å²) in [6, 6.07) is 0. The first-order chi connectivity index (χ1) is 7.15. The largest absolute Gasteiger partial charge is 0.299 e. The molecular weight excluding hydrogens is 190 g/mol. The summed E-state index contributed by atoms with van der Waals surface area (Å²) in [6.45, 7) is 4.98. The first kappa shape index (κ1) is 10.3. The average molecular weight is 207 g/mol. The van der Waals surface area contributed by atoms with Crippen LogP contribution in [0, 0.1) is 5.41 Å². The highest BCUT2D eigenvalue weighted by atomic mass is 16.1. The first-order valence-corrected chi connectivity index (χ1v) is 5.56. The summed E-state index contributed by atoms with van der Waals surface area (Å²) in [5.41, 5.74) is -0.0526. The van der Waals surface area contributed by atoms with Crippen LogP contribution in [0.4, 0.5) is 0 Å². The summed E-state index contributed by atoms with van der Waals surface area (Å²) < 4.78 is 1.84. The van der Waals surface area contributed by atoms with Gasteiger partial charge in [0.05, 0.1) is 6.42 Å². The normalized spacial score (nSPS) is 17.7. The highest BCUT2D eigenvalue weighted by Crippen LogP contribution is 2.46. The molecule has 1 aromatic rings. The van der Waals surface area contributed by atoms with E-state index < -0.39 is 0 Å². The second-order valence-corrected chi connectivity index (χ2v) is 4.56. The molecule has 1 aliphatic carbocycles. The molecule has 1 fully saturated rings. The van der Waals surface area contributed by atoms with Gasteiger partial charge in [-0.25, -0.2) is 9.67 Å². The lowest BCUT2D eigenvalue weighted by atomic mass is 10.0. The van der Waals surface area contributed by atoms with Crippen LogP contribution in [0.1, 0.15) is 38.9 Å².